The van der Waals surface area contributed by atoms with Crippen molar-refractivity contribution >= 4 is 33.7 Å². The first-order valence-electron chi connectivity index (χ1n) is 8.56. The highest BCUT2D eigenvalue weighted by Gasteiger charge is 2.28. The first kappa shape index (κ1) is 16.1. The maximum Gasteiger partial charge on any atom is 0.227 e. The summed E-state index contributed by atoms with van der Waals surface area (Å²) >= 11 is 3.23. The Bertz CT molecular complexity index is 682. The highest BCUT2D eigenvalue weighted by Crippen LogP contribution is 2.42. The maximum absolute atomic E-state index is 12.2. The third kappa shape index (κ3) is 3.81. The van der Waals surface area contributed by atoms with Crippen LogP contribution in [0.2, 0.25) is 0 Å². The molecule has 3 heterocycles. The predicted molar refractivity (Wildman–Crippen MR) is 95.4 cm³/mol. The van der Waals surface area contributed by atoms with E-state index in [9.17, 15) is 4.79 Å². The zero-order chi connectivity index (χ0) is 16.4. The Morgan fingerprint density at radius 2 is 2.17 bits per heavy atom. The number of hydrogen-bond acceptors (Lipinski definition) is 7. The quantitative estimate of drug-likeness (QED) is 0.851. The zero-order valence-corrected chi connectivity index (χ0v) is 15.1. The number of piperidine rings is 1. The van der Waals surface area contributed by atoms with Crippen molar-refractivity contribution in [3.8, 4) is 0 Å². The van der Waals surface area contributed by atoms with Gasteiger partial charge in [-0.2, -0.15) is 0 Å². The molecule has 2 aliphatic rings. The fourth-order valence-electron chi connectivity index (χ4n) is 3.14. The Morgan fingerprint density at radius 1 is 1.25 bits per heavy atom. The lowest BCUT2D eigenvalue weighted by atomic mass is 10.0. The lowest BCUT2D eigenvalue weighted by Crippen LogP contribution is -2.35. The highest BCUT2D eigenvalue weighted by molar-refractivity contribution is 7.15. The molecule has 0 radical (unpaired) electrons. The van der Waals surface area contributed by atoms with Gasteiger partial charge >= 0.3 is 0 Å². The molecule has 0 aromatic carbocycles. The predicted octanol–water partition coefficient (Wildman–Crippen LogP) is 3.43. The van der Waals surface area contributed by atoms with E-state index in [1.165, 1.54) is 42.0 Å². The molecule has 0 bridgehead atoms. The average molecular weight is 364 g/mol. The van der Waals surface area contributed by atoms with Gasteiger partial charge < -0.3 is 5.32 Å². The van der Waals surface area contributed by atoms with Crippen molar-refractivity contribution in [3.05, 3.63) is 21.6 Å². The first-order valence-corrected chi connectivity index (χ1v) is 10.3. The topological polar surface area (TPSA) is 71.0 Å². The van der Waals surface area contributed by atoms with E-state index < -0.39 is 0 Å². The van der Waals surface area contributed by atoms with Gasteiger partial charge in [0, 0.05) is 30.5 Å². The minimum Gasteiger partial charge on any atom is -0.300 e. The number of nitrogens with zero attached hydrogens (tertiary/aromatic N) is 4. The molecule has 24 heavy (non-hydrogen) atoms. The molecule has 1 N–H and O–H groups in total. The molecule has 1 aliphatic carbocycles. The first-order chi connectivity index (χ1) is 11.8. The lowest BCUT2D eigenvalue weighted by molar-refractivity contribution is -0.116. The Kier molecular flexibility index (Phi) is 4.86. The molecule has 1 unspecified atom stereocenters. The number of hydrogen-bond donors (Lipinski definition) is 1. The monoisotopic (exact) mass is 363 g/mol. The summed E-state index contributed by atoms with van der Waals surface area (Å²) in [6.07, 6.45) is 8.33. The molecular formula is C16H21N5OS2. The van der Waals surface area contributed by atoms with Crippen LogP contribution >= 0.6 is 22.7 Å². The summed E-state index contributed by atoms with van der Waals surface area (Å²) in [6.45, 7) is 1.81. The number of aromatic nitrogens is 3. The second-order valence-corrected chi connectivity index (χ2v) is 8.37. The lowest BCUT2D eigenvalue weighted by Gasteiger charge is -2.34. The molecule has 1 aliphatic heterocycles. The van der Waals surface area contributed by atoms with Crippen LogP contribution in [0, 0.1) is 0 Å². The van der Waals surface area contributed by atoms with Crippen LogP contribution in [0.15, 0.2) is 11.6 Å². The van der Waals surface area contributed by atoms with E-state index in [1.54, 1.807) is 11.3 Å². The SMILES string of the molecule is O=C(CCN1CCCCC1c1nccs1)Nc1nnc(C2CC2)s1. The zero-order valence-electron chi connectivity index (χ0n) is 13.5. The number of carbonyl (C=O) groups excluding carboxylic acids is 1. The minimum absolute atomic E-state index is 0.0250. The van der Waals surface area contributed by atoms with Crippen LogP contribution in [-0.4, -0.2) is 39.1 Å². The molecule has 2 aromatic rings. The van der Waals surface area contributed by atoms with Gasteiger partial charge in [-0.25, -0.2) is 4.98 Å². The molecule has 1 atom stereocenters. The van der Waals surface area contributed by atoms with Crippen molar-refractivity contribution < 1.29 is 4.79 Å². The normalized spacial score (nSPS) is 21.8. The summed E-state index contributed by atoms with van der Waals surface area (Å²) in [7, 11) is 0. The molecular weight excluding hydrogens is 342 g/mol. The van der Waals surface area contributed by atoms with Crippen LogP contribution in [-0.2, 0) is 4.79 Å². The van der Waals surface area contributed by atoms with Crippen LogP contribution in [0.3, 0.4) is 0 Å². The highest BCUT2D eigenvalue weighted by atomic mass is 32.1. The smallest absolute Gasteiger partial charge is 0.227 e. The van der Waals surface area contributed by atoms with Gasteiger partial charge in [0.15, 0.2) is 0 Å². The number of amides is 1. The van der Waals surface area contributed by atoms with E-state index >= 15 is 0 Å². The second-order valence-electron chi connectivity index (χ2n) is 6.44. The number of likely N-dealkylation sites (tertiary alicyclic amines) is 1. The van der Waals surface area contributed by atoms with Crippen LogP contribution in [0.1, 0.15) is 60.5 Å². The molecule has 8 heteroatoms. The summed E-state index contributed by atoms with van der Waals surface area (Å²) in [5, 5.41) is 16.0. The van der Waals surface area contributed by atoms with Gasteiger partial charge in [-0.15, -0.1) is 21.5 Å². The molecule has 1 saturated carbocycles. The summed E-state index contributed by atoms with van der Waals surface area (Å²) in [4.78, 5) is 19.1. The van der Waals surface area contributed by atoms with E-state index in [4.69, 9.17) is 0 Å². The molecule has 0 spiro atoms. The van der Waals surface area contributed by atoms with E-state index in [0.29, 0.717) is 23.5 Å². The summed E-state index contributed by atoms with van der Waals surface area (Å²) in [5.74, 6) is 0.609. The third-order valence-electron chi connectivity index (χ3n) is 4.59. The van der Waals surface area contributed by atoms with Gasteiger partial charge in [0.05, 0.1) is 6.04 Å². The van der Waals surface area contributed by atoms with Gasteiger partial charge in [-0.1, -0.05) is 17.8 Å². The van der Waals surface area contributed by atoms with E-state index in [0.717, 1.165) is 24.5 Å². The summed E-state index contributed by atoms with van der Waals surface area (Å²) in [6, 6.07) is 0.370. The van der Waals surface area contributed by atoms with Crippen LogP contribution in [0.4, 0.5) is 5.13 Å². The van der Waals surface area contributed by atoms with Crippen molar-refractivity contribution in [1.29, 1.82) is 0 Å². The van der Waals surface area contributed by atoms with Gasteiger partial charge in [0.25, 0.3) is 0 Å². The maximum atomic E-state index is 12.2. The van der Waals surface area contributed by atoms with Crippen molar-refractivity contribution in [2.24, 2.45) is 0 Å². The Balaban J connectivity index is 1.30. The number of nitrogens with one attached hydrogen (secondary N) is 1. The number of rotatable bonds is 6. The van der Waals surface area contributed by atoms with Crippen LogP contribution < -0.4 is 5.32 Å². The van der Waals surface area contributed by atoms with Gasteiger partial charge in [0.2, 0.25) is 11.0 Å². The number of anilines is 1. The van der Waals surface area contributed by atoms with Gasteiger partial charge in [-0.3, -0.25) is 9.69 Å². The largest absolute Gasteiger partial charge is 0.300 e. The molecule has 4 rings (SSSR count). The average Bonchev–Trinajstić information content (AvgIpc) is 3.10. The number of thiazole rings is 1. The second kappa shape index (κ2) is 7.25. The van der Waals surface area contributed by atoms with Crippen LogP contribution in [0.25, 0.3) is 0 Å². The fraction of sp³-hybridized carbons (Fsp3) is 0.625. The molecule has 1 amide bonds. The summed E-state index contributed by atoms with van der Waals surface area (Å²) in [5.41, 5.74) is 0. The van der Waals surface area contributed by atoms with Crippen molar-refractivity contribution in [2.75, 3.05) is 18.4 Å². The van der Waals surface area contributed by atoms with E-state index in [2.05, 4.69) is 25.4 Å². The molecule has 2 aromatic heterocycles. The van der Waals surface area contributed by atoms with E-state index in [1.807, 2.05) is 11.6 Å². The molecule has 1 saturated heterocycles. The van der Waals surface area contributed by atoms with Gasteiger partial charge in [-0.05, 0) is 32.2 Å². The Labute approximate surface area is 149 Å². The fourth-order valence-corrected chi connectivity index (χ4v) is 4.88. The van der Waals surface area contributed by atoms with E-state index in [-0.39, 0.29) is 5.91 Å². The van der Waals surface area contributed by atoms with Crippen molar-refractivity contribution in [1.82, 2.24) is 20.1 Å². The standard InChI is InChI=1S/C16H21N5OS2/c22-13(18-16-20-19-14(24-16)11-4-5-11)6-9-21-8-2-1-3-12(21)15-17-7-10-23-15/h7,10-12H,1-6,8-9H2,(H,18,20,22). The molecule has 2 fully saturated rings. The van der Waals surface area contributed by atoms with Crippen LogP contribution in [0.5, 0.6) is 0 Å². The molecule has 6 nitrogen and oxygen atoms in total. The third-order valence-corrected chi connectivity index (χ3v) is 6.47. The number of carbonyl (C=O) groups is 1. The van der Waals surface area contributed by atoms with Crippen molar-refractivity contribution in [2.45, 2.75) is 50.5 Å². The Morgan fingerprint density at radius 3 is 2.96 bits per heavy atom. The molecule has 128 valence electrons. The minimum atomic E-state index is 0.0250. The van der Waals surface area contributed by atoms with Gasteiger partial charge in [0.1, 0.15) is 10.0 Å². The summed E-state index contributed by atoms with van der Waals surface area (Å²) < 4.78 is 0. The van der Waals surface area contributed by atoms with Crippen molar-refractivity contribution in [3.63, 3.8) is 0 Å². The Hall–Kier alpha value is -1.38.